The summed E-state index contributed by atoms with van der Waals surface area (Å²) in [4.78, 5) is 73.0. The van der Waals surface area contributed by atoms with Crippen LogP contribution in [0.15, 0.2) is 0 Å². The maximum Gasteiger partial charge on any atom is 0.472 e. The van der Waals surface area contributed by atoms with Gasteiger partial charge in [0, 0.05) is 25.7 Å². The molecule has 0 saturated heterocycles. The molecule has 588 valence electrons. The van der Waals surface area contributed by atoms with Gasteiger partial charge in [-0.25, -0.2) is 9.13 Å². The van der Waals surface area contributed by atoms with E-state index in [1.54, 1.807) is 0 Å². The average Bonchev–Trinajstić information content (AvgIpc) is 1.16. The van der Waals surface area contributed by atoms with E-state index in [9.17, 15) is 43.2 Å². The van der Waals surface area contributed by atoms with Crippen LogP contribution in [0.4, 0.5) is 0 Å². The minimum Gasteiger partial charge on any atom is -0.462 e. The van der Waals surface area contributed by atoms with E-state index in [1.165, 1.54) is 250 Å². The molecule has 0 aromatic rings. The Morgan fingerprint density at radius 1 is 0.273 bits per heavy atom. The van der Waals surface area contributed by atoms with Crippen molar-refractivity contribution in [1.82, 2.24) is 0 Å². The summed E-state index contributed by atoms with van der Waals surface area (Å²) < 4.78 is 68.7. The standard InChI is InChI=1S/C80H156O17P2/c1-6-9-12-15-18-21-24-26-28-32-35-39-44-49-54-59-64-78(83)91-70-76(97-80(85)66-61-56-51-46-41-37-33-29-31-34-38-42-47-52-57-62-73(4)5)72-95-99(88,89)93-68-74(81)67-92-98(86,87)94-71-75(69-90-77(82)63-58-53-48-43-23-20-17-14-11-8-3)96-79(84)65-60-55-50-45-40-36-30-27-25-22-19-16-13-10-7-2/h73-76,81H,6-72H2,1-5H3,(H,86,87)(H,88,89)/t74-,75+,76+/m0/s1. The van der Waals surface area contributed by atoms with Crippen molar-refractivity contribution in [2.75, 3.05) is 39.6 Å². The molecule has 99 heavy (non-hydrogen) atoms. The third-order valence-electron chi connectivity index (χ3n) is 18.8. The molecule has 2 unspecified atom stereocenters. The molecule has 0 aromatic heterocycles. The van der Waals surface area contributed by atoms with Crippen LogP contribution in [0.2, 0.25) is 0 Å². The van der Waals surface area contributed by atoms with Crippen molar-refractivity contribution in [1.29, 1.82) is 0 Å². The fourth-order valence-electron chi connectivity index (χ4n) is 12.4. The van der Waals surface area contributed by atoms with Crippen molar-refractivity contribution in [3.05, 3.63) is 0 Å². The summed E-state index contributed by atoms with van der Waals surface area (Å²) in [7, 11) is -9.92. The Hall–Kier alpha value is -1.94. The van der Waals surface area contributed by atoms with Gasteiger partial charge in [0.1, 0.15) is 19.3 Å². The Kier molecular flexibility index (Phi) is 71.6. The van der Waals surface area contributed by atoms with Gasteiger partial charge in [-0.2, -0.15) is 0 Å². The third-order valence-corrected chi connectivity index (χ3v) is 20.7. The summed E-state index contributed by atoms with van der Waals surface area (Å²) in [5.74, 6) is -1.30. The molecule has 0 rings (SSSR count). The lowest BCUT2D eigenvalue weighted by Gasteiger charge is -2.21. The summed E-state index contributed by atoms with van der Waals surface area (Å²) in [5.41, 5.74) is 0. The molecule has 3 N–H and O–H groups in total. The number of carbonyl (C=O) groups is 4. The minimum atomic E-state index is -4.96. The van der Waals surface area contributed by atoms with Gasteiger partial charge in [-0.3, -0.25) is 37.3 Å². The van der Waals surface area contributed by atoms with E-state index in [0.717, 1.165) is 95.8 Å². The second kappa shape index (κ2) is 73.0. The Bertz CT molecular complexity index is 1890. The zero-order valence-corrected chi connectivity index (χ0v) is 66.4. The second-order valence-electron chi connectivity index (χ2n) is 29.3. The molecule has 0 spiro atoms. The number of aliphatic hydroxyl groups excluding tert-OH is 1. The lowest BCUT2D eigenvalue weighted by molar-refractivity contribution is -0.161. The van der Waals surface area contributed by atoms with Gasteiger partial charge in [0.2, 0.25) is 0 Å². The zero-order valence-electron chi connectivity index (χ0n) is 64.6. The molecule has 0 bridgehead atoms. The van der Waals surface area contributed by atoms with E-state index in [-0.39, 0.29) is 25.7 Å². The van der Waals surface area contributed by atoms with Gasteiger partial charge in [-0.05, 0) is 31.6 Å². The Morgan fingerprint density at radius 3 is 0.687 bits per heavy atom. The van der Waals surface area contributed by atoms with Crippen molar-refractivity contribution >= 4 is 39.5 Å². The normalized spacial score (nSPS) is 13.9. The quantitative estimate of drug-likeness (QED) is 0.0222. The molecule has 0 aliphatic rings. The third kappa shape index (κ3) is 74.1. The van der Waals surface area contributed by atoms with Crippen LogP contribution in [0.1, 0.15) is 426 Å². The average molecular weight is 1450 g/mol. The molecule has 17 nitrogen and oxygen atoms in total. The van der Waals surface area contributed by atoms with Crippen LogP contribution in [0.25, 0.3) is 0 Å². The van der Waals surface area contributed by atoms with Crippen LogP contribution in [0.5, 0.6) is 0 Å². The van der Waals surface area contributed by atoms with E-state index in [4.69, 9.17) is 37.0 Å². The first kappa shape index (κ1) is 97.1. The van der Waals surface area contributed by atoms with Crippen LogP contribution < -0.4 is 0 Å². The van der Waals surface area contributed by atoms with E-state index in [1.807, 2.05) is 0 Å². The van der Waals surface area contributed by atoms with Gasteiger partial charge in [0.05, 0.1) is 26.4 Å². The number of carbonyl (C=O) groups excluding carboxylic acids is 4. The lowest BCUT2D eigenvalue weighted by atomic mass is 10.0. The van der Waals surface area contributed by atoms with E-state index >= 15 is 0 Å². The summed E-state index contributed by atoms with van der Waals surface area (Å²) in [5, 5.41) is 10.6. The van der Waals surface area contributed by atoms with Gasteiger partial charge < -0.3 is 33.8 Å². The highest BCUT2D eigenvalue weighted by atomic mass is 31.2. The van der Waals surface area contributed by atoms with Crippen molar-refractivity contribution in [3.8, 4) is 0 Å². The lowest BCUT2D eigenvalue weighted by Crippen LogP contribution is -2.30. The van der Waals surface area contributed by atoms with Crippen LogP contribution in [0.3, 0.4) is 0 Å². The summed E-state index contributed by atoms with van der Waals surface area (Å²) >= 11 is 0. The zero-order chi connectivity index (χ0) is 72.7. The molecule has 0 aromatic carbocycles. The highest BCUT2D eigenvalue weighted by Gasteiger charge is 2.30. The molecule has 5 atom stereocenters. The van der Waals surface area contributed by atoms with Gasteiger partial charge in [0.25, 0.3) is 0 Å². The van der Waals surface area contributed by atoms with Crippen molar-refractivity contribution in [2.45, 2.75) is 445 Å². The topological polar surface area (TPSA) is 237 Å². The van der Waals surface area contributed by atoms with Crippen LogP contribution in [0, 0.1) is 5.92 Å². The molecule has 0 fully saturated rings. The molecule has 0 saturated carbocycles. The molecular weight excluding hydrogens is 1290 g/mol. The number of phosphoric acid groups is 2. The summed E-state index contributed by atoms with van der Waals surface area (Å²) in [6.45, 7) is 7.35. The van der Waals surface area contributed by atoms with Crippen LogP contribution in [-0.2, 0) is 65.4 Å². The molecule has 0 heterocycles. The number of aliphatic hydroxyl groups is 1. The fourth-order valence-corrected chi connectivity index (χ4v) is 14.0. The smallest absolute Gasteiger partial charge is 0.462 e. The molecule has 0 aliphatic heterocycles. The Labute approximate surface area is 607 Å². The molecule has 19 heteroatoms. The largest absolute Gasteiger partial charge is 0.472 e. The summed E-state index contributed by atoms with van der Waals surface area (Å²) in [6.07, 6.45) is 63.7. The SMILES string of the molecule is CCCCCCCCCCCCCCCCCCC(=O)OC[C@H](COP(=O)(O)OC[C@@H](O)COP(=O)(O)OC[C@@H](COC(=O)CCCCCCCCCCCC)OC(=O)CCCCCCCCCCCCCCCCC)OC(=O)CCCCCCCCCCCCCCCCCC(C)C. The molecular formula is C80H156O17P2. The predicted octanol–water partition coefficient (Wildman–Crippen LogP) is 24.0. The fraction of sp³-hybridized carbons (Fsp3) is 0.950. The summed E-state index contributed by atoms with van der Waals surface area (Å²) in [6, 6.07) is 0. The van der Waals surface area contributed by atoms with E-state index < -0.39 is 97.5 Å². The van der Waals surface area contributed by atoms with Crippen molar-refractivity contribution < 1.29 is 80.2 Å². The van der Waals surface area contributed by atoms with Crippen LogP contribution in [-0.4, -0.2) is 96.7 Å². The number of esters is 4. The van der Waals surface area contributed by atoms with E-state index in [2.05, 4.69) is 34.6 Å². The molecule has 0 aliphatic carbocycles. The number of hydrogen-bond acceptors (Lipinski definition) is 15. The molecule has 0 radical (unpaired) electrons. The first-order valence-corrected chi connectivity index (χ1v) is 44.6. The highest BCUT2D eigenvalue weighted by Crippen LogP contribution is 2.45. The van der Waals surface area contributed by atoms with Gasteiger partial charge >= 0.3 is 39.5 Å². The maximum atomic E-state index is 13.1. The number of phosphoric ester groups is 2. The van der Waals surface area contributed by atoms with Gasteiger partial charge in [-0.1, -0.05) is 375 Å². The minimum absolute atomic E-state index is 0.109. The molecule has 0 amide bonds. The van der Waals surface area contributed by atoms with Crippen LogP contribution >= 0.6 is 15.6 Å². The van der Waals surface area contributed by atoms with Gasteiger partial charge in [-0.15, -0.1) is 0 Å². The Balaban J connectivity index is 5.24. The first-order chi connectivity index (χ1) is 48.0. The van der Waals surface area contributed by atoms with Gasteiger partial charge in [0.15, 0.2) is 12.2 Å². The maximum absolute atomic E-state index is 13.1. The number of hydrogen-bond donors (Lipinski definition) is 3. The van der Waals surface area contributed by atoms with Crippen molar-refractivity contribution in [2.24, 2.45) is 5.92 Å². The predicted molar refractivity (Wildman–Crippen MR) is 405 cm³/mol. The highest BCUT2D eigenvalue weighted by molar-refractivity contribution is 7.47. The van der Waals surface area contributed by atoms with Crippen molar-refractivity contribution in [3.63, 3.8) is 0 Å². The number of ether oxygens (including phenoxy) is 4. The van der Waals surface area contributed by atoms with E-state index in [0.29, 0.717) is 25.7 Å². The number of unbranched alkanes of at least 4 members (excludes halogenated alkanes) is 52. The first-order valence-electron chi connectivity index (χ1n) is 41.6. The number of rotatable bonds is 80. The Morgan fingerprint density at radius 2 is 0.465 bits per heavy atom. The monoisotopic (exact) mass is 1450 g/mol. The second-order valence-corrected chi connectivity index (χ2v) is 32.2.